The van der Waals surface area contributed by atoms with Gasteiger partial charge in [-0.15, -0.1) is 0 Å². The summed E-state index contributed by atoms with van der Waals surface area (Å²) in [5.74, 6) is 0. The molecule has 0 aromatic carbocycles. The highest BCUT2D eigenvalue weighted by atomic mass is 33.4. The third-order valence-electron chi connectivity index (χ3n) is 0.172. The summed E-state index contributed by atoms with van der Waals surface area (Å²) >= 11 is 9.51. The fourth-order valence-corrected chi connectivity index (χ4v) is 10.0. The van der Waals surface area contributed by atoms with Crippen molar-refractivity contribution in [2.45, 2.75) is 0 Å². The van der Waals surface area contributed by atoms with Gasteiger partial charge in [0.1, 0.15) is 0 Å². The van der Waals surface area contributed by atoms with Gasteiger partial charge in [-0.3, -0.25) is 0 Å². The van der Waals surface area contributed by atoms with Gasteiger partial charge in [0.2, 0.25) is 0 Å². The molecular weight excluding hydrogens is 222 g/mol. The zero-order valence-corrected chi connectivity index (χ0v) is 9.20. The summed E-state index contributed by atoms with van der Waals surface area (Å²) in [5, 5.41) is 0. The first-order valence-corrected chi connectivity index (χ1v) is 9.97. The van der Waals surface area contributed by atoms with Crippen molar-refractivity contribution in [3.63, 3.8) is 0 Å². The molecule has 0 nitrogen and oxygen atoms in total. The highest BCUT2D eigenvalue weighted by molar-refractivity contribution is 8.73. The van der Waals surface area contributed by atoms with Crippen molar-refractivity contribution in [1.82, 2.24) is 0 Å². The molecule has 0 aromatic rings. The molecule has 7 heavy (non-hydrogen) atoms. The second-order valence-electron chi connectivity index (χ2n) is 0.459. The maximum atomic E-state index is 4.91. The summed E-state index contributed by atoms with van der Waals surface area (Å²) in [6, 6.07) is 0. The van der Waals surface area contributed by atoms with Gasteiger partial charge in [-0.1, -0.05) is 8.93 Å². The van der Waals surface area contributed by atoms with Crippen molar-refractivity contribution in [2.24, 2.45) is 0 Å². The topological polar surface area (TPSA) is 0 Å². The summed E-state index contributed by atoms with van der Waals surface area (Å²) in [6.45, 7) is 0. The van der Waals surface area contributed by atoms with E-state index in [1.807, 2.05) is 0 Å². The van der Waals surface area contributed by atoms with Gasteiger partial charge in [0.25, 0.3) is 0 Å². The average molecular weight is 224 g/mol. The molecular formula is H2P2S5. The van der Waals surface area contributed by atoms with Crippen molar-refractivity contribution < 1.29 is 0 Å². The van der Waals surface area contributed by atoms with Crippen LogP contribution in [0.4, 0.5) is 0 Å². The van der Waals surface area contributed by atoms with Crippen molar-refractivity contribution in [1.29, 1.82) is 0 Å². The summed E-state index contributed by atoms with van der Waals surface area (Å²) in [6.07, 6.45) is 0. The number of hydrogen-bond acceptors (Lipinski definition) is 2. The zero-order chi connectivity index (χ0) is 5.70. The van der Waals surface area contributed by atoms with E-state index in [4.69, 9.17) is 11.2 Å². The molecule has 0 rings (SSSR count). The molecule has 0 aromatic heterocycles. The summed E-state index contributed by atoms with van der Waals surface area (Å²) in [4.78, 5) is 0. The van der Waals surface area contributed by atoms with Gasteiger partial charge in [-0.2, -0.15) is 0 Å². The maximum absolute atomic E-state index is 4.91. The van der Waals surface area contributed by atoms with E-state index < -0.39 is 0 Å². The lowest BCUT2D eigenvalue weighted by atomic mass is 29.8. The van der Waals surface area contributed by atoms with Gasteiger partial charge < -0.3 is 0 Å². The Morgan fingerprint density at radius 2 is 2.29 bits per heavy atom. The quantitative estimate of drug-likeness (QED) is 0.567. The van der Waals surface area contributed by atoms with Crippen LogP contribution in [0.3, 0.4) is 0 Å². The van der Waals surface area contributed by atoms with Crippen molar-refractivity contribution in [3.05, 3.63) is 0 Å². The molecule has 1 atom stereocenters. The van der Waals surface area contributed by atoms with E-state index in [9.17, 15) is 0 Å². The molecule has 0 amide bonds. The van der Waals surface area contributed by atoms with Crippen LogP contribution in [0.25, 0.3) is 0 Å². The minimum Gasteiger partial charge on any atom is -0.0707 e. The molecule has 0 aliphatic rings. The smallest absolute Gasteiger partial charge is 0.0000150 e. The molecule has 42 valence electrons. The number of hydrogen-bond donors (Lipinski definition) is 0. The zero-order valence-electron chi connectivity index (χ0n) is 3.07. The van der Waals surface area contributed by atoms with Crippen LogP contribution in [0.1, 0.15) is 0 Å². The summed E-state index contributed by atoms with van der Waals surface area (Å²) in [5.41, 5.74) is 0. The van der Waals surface area contributed by atoms with Crippen LogP contribution in [0.15, 0.2) is 0 Å². The Morgan fingerprint density at radius 1 is 1.71 bits per heavy atom. The largest absolute Gasteiger partial charge is 0.0707 e. The van der Waals surface area contributed by atoms with Gasteiger partial charge in [-0.25, -0.2) is 0 Å². The van der Waals surface area contributed by atoms with E-state index in [1.165, 1.54) is 15.9 Å². The van der Waals surface area contributed by atoms with Gasteiger partial charge >= 0.3 is 0 Å². The molecule has 0 radical (unpaired) electrons. The van der Waals surface area contributed by atoms with E-state index in [1.54, 1.807) is 8.88 Å². The minimum atomic E-state index is 0.0170. The highest BCUT2D eigenvalue weighted by Gasteiger charge is 1.45. The Kier molecular flexibility index (Phi) is 7.52. The van der Waals surface area contributed by atoms with Crippen molar-refractivity contribution >= 4 is 63.3 Å². The molecule has 0 fully saturated rings. The monoisotopic (exact) mass is 224 g/mol. The molecule has 7 heteroatoms. The Bertz CT molecular complexity index is 221. The minimum absolute atomic E-state index is 0.0170. The highest BCUT2D eigenvalue weighted by Crippen LogP contribution is 2.04. The van der Waals surface area contributed by atoms with Crippen LogP contribution in [0.5, 0.6) is 0 Å². The Morgan fingerprint density at radius 3 is 2.43 bits per heavy atom. The molecule has 0 saturated carbocycles. The third-order valence-corrected chi connectivity index (χ3v) is 13.9. The van der Waals surface area contributed by atoms with Gasteiger partial charge in [0.15, 0.2) is 0 Å². The summed E-state index contributed by atoms with van der Waals surface area (Å²) in [7, 11) is 6.66. The number of rotatable bonds is 0. The first-order chi connectivity index (χ1) is 3.31. The normalized spacial score (nSPS) is 8.14. The lowest BCUT2D eigenvalue weighted by Gasteiger charge is -1.49. The molecule has 1 unspecified atom stereocenters. The van der Waals surface area contributed by atoms with E-state index in [0.717, 1.165) is 0 Å². The first-order valence-electron chi connectivity index (χ1n) is 1.11. The van der Waals surface area contributed by atoms with Crippen LogP contribution in [0.2, 0.25) is 0 Å². The Labute approximate surface area is 62.9 Å². The van der Waals surface area contributed by atoms with Gasteiger partial charge in [0.05, 0.1) is 0 Å². The third kappa shape index (κ3) is 5.71. The van der Waals surface area contributed by atoms with E-state index in [-0.39, 0.29) is 7.19 Å². The molecule has 0 saturated heterocycles. The molecule has 0 spiro atoms. The molecule has 0 aliphatic heterocycles. The van der Waals surface area contributed by atoms with E-state index in [0.29, 0.717) is 0 Å². The molecule has 0 heterocycles. The first kappa shape index (κ1) is 8.83. The fourth-order valence-electron chi connectivity index (χ4n) is 0.0413. The van der Waals surface area contributed by atoms with Crippen molar-refractivity contribution in [2.75, 3.05) is 0 Å². The van der Waals surface area contributed by atoms with Gasteiger partial charge in [-0.05, 0) is 54.4 Å². The average Bonchev–Trinajstić information content (AvgIpc) is 1.68. The molecule has 0 bridgehead atoms. The van der Waals surface area contributed by atoms with Crippen LogP contribution in [-0.2, 0) is 47.3 Å². The summed E-state index contributed by atoms with van der Waals surface area (Å²) < 4.78 is 0. The van der Waals surface area contributed by atoms with Crippen LogP contribution in [0, 0.1) is 0 Å². The van der Waals surface area contributed by atoms with E-state index >= 15 is 0 Å². The molecule has 0 N–H and O–H groups in total. The second kappa shape index (κ2) is 5.96. The lowest BCUT2D eigenvalue weighted by Crippen LogP contribution is -1.32. The van der Waals surface area contributed by atoms with Crippen LogP contribution in [-0.4, -0.2) is 0 Å². The predicted molar refractivity (Wildman–Crippen MR) is 53.5 cm³/mol. The predicted octanol–water partition coefficient (Wildman–Crippen LogP) is 1.18. The second-order valence-corrected chi connectivity index (χ2v) is 12.4. The Balaban J connectivity index is 5.16. The van der Waals surface area contributed by atoms with Crippen molar-refractivity contribution in [3.8, 4) is 0 Å². The lowest BCUT2D eigenvalue weighted by molar-refractivity contribution is 5.65. The van der Waals surface area contributed by atoms with Gasteiger partial charge in [0, 0.05) is 0 Å². The fraction of sp³-hybridized carbons (Fsp3) is 0. The van der Waals surface area contributed by atoms with Crippen LogP contribution >= 0.6 is 16.0 Å². The standard InChI is InChI=1S/H2P2S5/c1-2-7(4)6-5-3/h1H2. The SMILES string of the molecule is PP=S(=S)=S=S=S. The Hall–Kier alpha value is 1.83. The molecule has 0 aliphatic carbocycles. The van der Waals surface area contributed by atoms with Crippen LogP contribution < -0.4 is 0 Å². The van der Waals surface area contributed by atoms with E-state index in [2.05, 4.69) is 20.1 Å². The maximum Gasteiger partial charge on any atom is -0.0000150 e.